The highest BCUT2D eigenvalue weighted by atomic mass is 19.1. The minimum absolute atomic E-state index is 0.0106. The smallest absolute Gasteiger partial charge is 0.294 e. The number of pyridine rings is 1. The molecule has 0 unspecified atom stereocenters. The van der Waals surface area contributed by atoms with Gasteiger partial charge in [0.1, 0.15) is 5.82 Å². The van der Waals surface area contributed by atoms with Gasteiger partial charge in [-0.2, -0.15) is 0 Å². The lowest BCUT2D eigenvalue weighted by atomic mass is 10.2. The molecule has 0 saturated heterocycles. The van der Waals surface area contributed by atoms with E-state index >= 15 is 0 Å². The molecule has 5 nitrogen and oxygen atoms in total. The Bertz CT molecular complexity index is 887. The Kier molecular flexibility index (Phi) is 4.06. The maximum atomic E-state index is 12.9. The molecule has 2 heterocycles. The summed E-state index contributed by atoms with van der Waals surface area (Å²) in [5.41, 5.74) is 2.09. The van der Waals surface area contributed by atoms with Crippen molar-refractivity contribution in [3.05, 3.63) is 64.5 Å². The normalized spacial score (nSPS) is 11.1. The quantitative estimate of drug-likeness (QED) is 0.804. The Morgan fingerprint density at radius 3 is 2.65 bits per heavy atom. The van der Waals surface area contributed by atoms with E-state index in [1.54, 1.807) is 35.2 Å². The first-order valence-electron chi connectivity index (χ1n) is 7.41. The molecule has 118 valence electrons. The molecule has 3 rings (SSSR count). The van der Waals surface area contributed by atoms with Crippen LogP contribution < -0.4 is 10.9 Å². The van der Waals surface area contributed by atoms with Gasteiger partial charge < -0.3 is 5.32 Å². The van der Waals surface area contributed by atoms with E-state index < -0.39 is 0 Å². The molecule has 6 heteroatoms. The first-order chi connectivity index (χ1) is 11.1. The minimum atomic E-state index is -0.285. The average Bonchev–Trinajstić information content (AvgIpc) is 2.54. The molecule has 0 radical (unpaired) electrons. The molecule has 0 bridgehead atoms. The van der Waals surface area contributed by atoms with Crippen LogP contribution in [-0.4, -0.2) is 14.5 Å². The summed E-state index contributed by atoms with van der Waals surface area (Å²) in [5, 5.41) is 3.05. The number of nitrogens with one attached hydrogen (secondary N) is 1. The van der Waals surface area contributed by atoms with E-state index in [0.29, 0.717) is 17.6 Å². The van der Waals surface area contributed by atoms with Crippen LogP contribution in [0, 0.1) is 5.82 Å². The first kappa shape index (κ1) is 15.1. The summed E-state index contributed by atoms with van der Waals surface area (Å²) in [6.45, 7) is 4.28. The molecule has 3 aromatic rings. The SMILES string of the molecule is CC(C)n1c(=O)c(NCc2ccc(F)cc2)nc2ccncc21. The van der Waals surface area contributed by atoms with Gasteiger partial charge in [0.2, 0.25) is 0 Å². The van der Waals surface area contributed by atoms with Crippen molar-refractivity contribution in [3.8, 4) is 0 Å². The first-order valence-corrected chi connectivity index (χ1v) is 7.41. The second-order valence-corrected chi connectivity index (χ2v) is 5.57. The number of aromatic nitrogens is 3. The van der Waals surface area contributed by atoms with E-state index in [1.165, 1.54) is 12.1 Å². The number of hydrogen-bond donors (Lipinski definition) is 1. The van der Waals surface area contributed by atoms with E-state index in [4.69, 9.17) is 0 Å². The van der Waals surface area contributed by atoms with Gasteiger partial charge >= 0.3 is 0 Å². The van der Waals surface area contributed by atoms with Crippen LogP contribution in [0.3, 0.4) is 0 Å². The lowest BCUT2D eigenvalue weighted by molar-refractivity contribution is 0.598. The fourth-order valence-electron chi connectivity index (χ4n) is 2.47. The van der Waals surface area contributed by atoms with Crippen LogP contribution in [-0.2, 0) is 6.54 Å². The molecule has 0 atom stereocenters. The zero-order valence-corrected chi connectivity index (χ0v) is 13.0. The molecule has 0 saturated carbocycles. The Balaban J connectivity index is 1.99. The van der Waals surface area contributed by atoms with Gasteiger partial charge in [0.05, 0.1) is 17.2 Å². The zero-order chi connectivity index (χ0) is 16.4. The molecule has 23 heavy (non-hydrogen) atoms. The van der Waals surface area contributed by atoms with Crippen LogP contribution in [0.15, 0.2) is 47.5 Å². The monoisotopic (exact) mass is 312 g/mol. The number of hydrogen-bond acceptors (Lipinski definition) is 4. The van der Waals surface area contributed by atoms with Crippen LogP contribution in [0.2, 0.25) is 0 Å². The minimum Gasteiger partial charge on any atom is -0.361 e. The van der Waals surface area contributed by atoms with Crippen molar-refractivity contribution in [3.63, 3.8) is 0 Å². The van der Waals surface area contributed by atoms with Crippen LogP contribution in [0.25, 0.3) is 11.0 Å². The third kappa shape index (κ3) is 3.06. The molecule has 0 spiro atoms. The van der Waals surface area contributed by atoms with Gasteiger partial charge in [-0.1, -0.05) is 12.1 Å². The van der Waals surface area contributed by atoms with E-state index in [1.807, 2.05) is 13.8 Å². The molecule has 0 aliphatic rings. The zero-order valence-electron chi connectivity index (χ0n) is 13.0. The van der Waals surface area contributed by atoms with E-state index in [9.17, 15) is 9.18 Å². The summed E-state index contributed by atoms with van der Waals surface area (Å²) in [6, 6.07) is 7.90. The van der Waals surface area contributed by atoms with Gasteiger partial charge in [-0.25, -0.2) is 9.37 Å². The van der Waals surface area contributed by atoms with Crippen LogP contribution in [0.1, 0.15) is 25.5 Å². The Morgan fingerprint density at radius 2 is 1.96 bits per heavy atom. The number of rotatable bonds is 4. The van der Waals surface area contributed by atoms with Crippen molar-refractivity contribution in [2.24, 2.45) is 0 Å². The molecule has 0 fully saturated rings. The largest absolute Gasteiger partial charge is 0.361 e. The summed E-state index contributed by atoms with van der Waals surface area (Å²) in [7, 11) is 0. The molecular weight excluding hydrogens is 295 g/mol. The summed E-state index contributed by atoms with van der Waals surface area (Å²) in [4.78, 5) is 21.1. The van der Waals surface area contributed by atoms with Crippen LogP contribution in [0.4, 0.5) is 10.2 Å². The molecular formula is C17H17FN4O. The third-order valence-electron chi connectivity index (χ3n) is 3.58. The maximum absolute atomic E-state index is 12.9. The van der Waals surface area contributed by atoms with E-state index in [-0.39, 0.29) is 23.2 Å². The van der Waals surface area contributed by atoms with Crippen molar-refractivity contribution in [1.82, 2.24) is 14.5 Å². The number of fused-ring (bicyclic) bond motifs is 1. The highest BCUT2D eigenvalue weighted by Gasteiger charge is 2.13. The number of nitrogens with zero attached hydrogens (tertiary/aromatic N) is 3. The van der Waals surface area contributed by atoms with Crippen LogP contribution >= 0.6 is 0 Å². The molecule has 2 aromatic heterocycles. The Hall–Kier alpha value is -2.76. The second kappa shape index (κ2) is 6.16. The summed E-state index contributed by atoms with van der Waals surface area (Å²) in [6.07, 6.45) is 3.29. The Morgan fingerprint density at radius 1 is 1.22 bits per heavy atom. The molecule has 0 aliphatic heterocycles. The van der Waals surface area contributed by atoms with Gasteiger partial charge in [0, 0.05) is 18.8 Å². The predicted octanol–water partition coefficient (Wildman–Crippen LogP) is 3.12. The van der Waals surface area contributed by atoms with Crippen molar-refractivity contribution in [2.75, 3.05) is 5.32 Å². The van der Waals surface area contributed by atoms with Gasteiger partial charge in [-0.15, -0.1) is 0 Å². The summed E-state index contributed by atoms with van der Waals surface area (Å²) in [5.74, 6) is -0.00558. The maximum Gasteiger partial charge on any atom is 0.294 e. The van der Waals surface area contributed by atoms with Gasteiger partial charge in [0.25, 0.3) is 5.56 Å². The predicted molar refractivity (Wildman–Crippen MR) is 87.9 cm³/mol. The van der Waals surface area contributed by atoms with Crippen molar-refractivity contribution in [1.29, 1.82) is 0 Å². The van der Waals surface area contributed by atoms with Gasteiger partial charge in [-0.05, 0) is 37.6 Å². The standard InChI is InChI=1S/C17H17FN4O/c1-11(2)22-15-10-19-8-7-14(15)21-16(17(22)23)20-9-12-3-5-13(18)6-4-12/h3-8,10-11H,9H2,1-2H3,(H,20,21). The fourth-order valence-corrected chi connectivity index (χ4v) is 2.47. The van der Waals surface area contributed by atoms with Crippen molar-refractivity contribution in [2.45, 2.75) is 26.4 Å². The lowest BCUT2D eigenvalue weighted by Crippen LogP contribution is -2.26. The number of halogens is 1. The molecule has 1 aromatic carbocycles. The van der Waals surface area contributed by atoms with Crippen LogP contribution in [0.5, 0.6) is 0 Å². The topological polar surface area (TPSA) is 59.8 Å². The fraction of sp³-hybridized carbons (Fsp3) is 0.235. The molecule has 0 amide bonds. The second-order valence-electron chi connectivity index (χ2n) is 5.57. The molecule has 1 N–H and O–H groups in total. The van der Waals surface area contributed by atoms with Crippen molar-refractivity contribution < 1.29 is 4.39 Å². The highest BCUT2D eigenvalue weighted by Crippen LogP contribution is 2.15. The van der Waals surface area contributed by atoms with Gasteiger partial charge in [0.15, 0.2) is 5.82 Å². The van der Waals surface area contributed by atoms with Gasteiger partial charge in [-0.3, -0.25) is 14.3 Å². The summed E-state index contributed by atoms with van der Waals surface area (Å²) < 4.78 is 14.6. The molecule has 0 aliphatic carbocycles. The Labute approximate surface area is 132 Å². The average molecular weight is 312 g/mol. The third-order valence-corrected chi connectivity index (χ3v) is 3.58. The summed E-state index contributed by atoms with van der Waals surface area (Å²) >= 11 is 0. The number of anilines is 1. The lowest BCUT2D eigenvalue weighted by Gasteiger charge is -2.15. The van der Waals surface area contributed by atoms with Crippen molar-refractivity contribution >= 4 is 16.9 Å². The van der Waals surface area contributed by atoms with E-state index in [0.717, 1.165) is 5.56 Å². The van der Waals surface area contributed by atoms with E-state index in [2.05, 4.69) is 15.3 Å². The number of benzene rings is 1. The highest BCUT2D eigenvalue weighted by molar-refractivity contribution is 5.75.